The van der Waals surface area contributed by atoms with Gasteiger partial charge in [0, 0.05) is 32.6 Å². The summed E-state index contributed by atoms with van der Waals surface area (Å²) in [6.07, 6.45) is 0.975. The maximum Gasteiger partial charge on any atom is 0.186 e. The first kappa shape index (κ1) is 15.9. The van der Waals surface area contributed by atoms with Crippen LogP contribution in [0.15, 0.2) is 34.8 Å². The molecular formula is C18H12BrCl2N3S. The SMILES string of the molecule is Clc1ccc2[nH]c3c(c2c1)CCN(c1nc2c(Cl)cc(Br)cc2s1)C3. The summed E-state index contributed by atoms with van der Waals surface area (Å²) in [6, 6.07) is 10.00. The van der Waals surface area contributed by atoms with Gasteiger partial charge in [-0.05, 0) is 42.3 Å². The third-order valence-corrected chi connectivity index (χ3v) is 6.65. The Hall–Kier alpha value is -1.27. The molecule has 2 aromatic carbocycles. The molecule has 25 heavy (non-hydrogen) atoms. The molecule has 1 N–H and O–H groups in total. The number of thiazole rings is 1. The number of aromatic amines is 1. The lowest BCUT2D eigenvalue weighted by molar-refractivity contribution is 0.722. The molecule has 0 radical (unpaired) electrons. The summed E-state index contributed by atoms with van der Waals surface area (Å²) in [4.78, 5) is 10.6. The predicted molar refractivity (Wildman–Crippen MR) is 110 cm³/mol. The molecule has 0 saturated carbocycles. The molecule has 0 aliphatic carbocycles. The molecule has 1 aliphatic rings. The fraction of sp³-hybridized carbons (Fsp3) is 0.167. The molecule has 0 saturated heterocycles. The minimum Gasteiger partial charge on any atom is -0.357 e. The van der Waals surface area contributed by atoms with Gasteiger partial charge in [-0.15, -0.1) is 0 Å². The van der Waals surface area contributed by atoms with Crippen molar-refractivity contribution in [3.05, 3.63) is 56.1 Å². The van der Waals surface area contributed by atoms with Crippen LogP contribution in [-0.2, 0) is 13.0 Å². The van der Waals surface area contributed by atoms with Crippen LogP contribution < -0.4 is 4.90 Å². The van der Waals surface area contributed by atoms with Crippen LogP contribution in [0, 0.1) is 0 Å². The second-order valence-electron chi connectivity index (χ2n) is 6.17. The average Bonchev–Trinajstić information content (AvgIpc) is 3.15. The molecule has 3 nitrogen and oxygen atoms in total. The number of H-pyrrole nitrogens is 1. The molecule has 0 spiro atoms. The number of nitrogens with zero attached hydrogens (tertiary/aromatic N) is 2. The summed E-state index contributed by atoms with van der Waals surface area (Å²) < 4.78 is 2.08. The molecule has 0 amide bonds. The standard InChI is InChI=1S/C18H12BrCl2N3S/c19-9-5-13(21)17-16(6-9)25-18(23-17)24-4-3-11-12-7-10(20)1-2-14(12)22-15(11)8-24/h1-2,5-7,22H,3-4,8H2. The first-order valence-corrected chi connectivity index (χ1v) is 10.2. The van der Waals surface area contributed by atoms with Crippen LogP contribution in [0.2, 0.25) is 10.0 Å². The maximum atomic E-state index is 6.34. The summed E-state index contributed by atoms with van der Waals surface area (Å²) >= 11 is 17.7. The second-order valence-corrected chi connectivity index (χ2v) is 8.94. The molecule has 7 heteroatoms. The van der Waals surface area contributed by atoms with Crippen LogP contribution in [0.5, 0.6) is 0 Å². The molecule has 0 fully saturated rings. The third-order valence-electron chi connectivity index (χ3n) is 4.61. The summed E-state index contributed by atoms with van der Waals surface area (Å²) in [5, 5.41) is 3.71. The number of benzene rings is 2. The van der Waals surface area contributed by atoms with Crippen molar-refractivity contribution in [2.75, 3.05) is 11.4 Å². The highest BCUT2D eigenvalue weighted by Gasteiger charge is 2.23. The average molecular weight is 453 g/mol. The van der Waals surface area contributed by atoms with Crippen LogP contribution in [-0.4, -0.2) is 16.5 Å². The fourth-order valence-corrected chi connectivity index (χ4v) is 5.74. The molecule has 2 aromatic heterocycles. The molecule has 4 aromatic rings. The van der Waals surface area contributed by atoms with E-state index in [9.17, 15) is 0 Å². The Balaban J connectivity index is 1.55. The van der Waals surface area contributed by atoms with Crippen LogP contribution in [0.4, 0.5) is 5.13 Å². The molecular weight excluding hydrogens is 441 g/mol. The highest BCUT2D eigenvalue weighted by Crippen LogP contribution is 2.38. The van der Waals surface area contributed by atoms with Crippen LogP contribution >= 0.6 is 50.5 Å². The van der Waals surface area contributed by atoms with E-state index in [1.807, 2.05) is 12.1 Å². The van der Waals surface area contributed by atoms with Crippen LogP contribution in [0.3, 0.4) is 0 Å². The Bertz CT molecular complexity index is 1130. The molecule has 0 bridgehead atoms. The Morgan fingerprint density at radius 2 is 2.08 bits per heavy atom. The van der Waals surface area contributed by atoms with Gasteiger partial charge in [-0.2, -0.15) is 0 Å². The van der Waals surface area contributed by atoms with Gasteiger partial charge in [-0.3, -0.25) is 0 Å². The Labute approximate surface area is 166 Å². The van der Waals surface area contributed by atoms with Gasteiger partial charge in [0.25, 0.3) is 0 Å². The third kappa shape index (κ3) is 2.65. The number of hydrogen-bond acceptors (Lipinski definition) is 3. The fourth-order valence-electron chi connectivity index (χ4n) is 3.46. The maximum absolute atomic E-state index is 6.34. The van der Waals surface area contributed by atoms with Crippen molar-refractivity contribution in [1.82, 2.24) is 9.97 Å². The van der Waals surface area contributed by atoms with Gasteiger partial charge in [0.1, 0.15) is 5.52 Å². The highest BCUT2D eigenvalue weighted by atomic mass is 79.9. The largest absolute Gasteiger partial charge is 0.357 e. The highest BCUT2D eigenvalue weighted by molar-refractivity contribution is 9.10. The lowest BCUT2D eigenvalue weighted by Gasteiger charge is -2.26. The Morgan fingerprint density at radius 1 is 1.20 bits per heavy atom. The molecule has 3 heterocycles. The Kier molecular flexibility index (Phi) is 3.75. The minimum absolute atomic E-state index is 0.685. The van der Waals surface area contributed by atoms with Gasteiger partial charge >= 0.3 is 0 Å². The van der Waals surface area contributed by atoms with Crippen molar-refractivity contribution in [2.24, 2.45) is 0 Å². The summed E-state index contributed by atoms with van der Waals surface area (Å²) in [7, 11) is 0. The van der Waals surface area contributed by atoms with Gasteiger partial charge in [-0.1, -0.05) is 50.5 Å². The van der Waals surface area contributed by atoms with Crippen molar-refractivity contribution >= 4 is 76.7 Å². The van der Waals surface area contributed by atoms with E-state index in [0.717, 1.165) is 49.9 Å². The van der Waals surface area contributed by atoms with E-state index in [-0.39, 0.29) is 0 Å². The molecule has 1 aliphatic heterocycles. The molecule has 126 valence electrons. The van der Waals surface area contributed by atoms with E-state index in [1.54, 1.807) is 11.3 Å². The van der Waals surface area contributed by atoms with Crippen LogP contribution in [0.25, 0.3) is 21.1 Å². The molecule has 0 unspecified atom stereocenters. The topological polar surface area (TPSA) is 31.9 Å². The smallest absolute Gasteiger partial charge is 0.186 e. The van der Waals surface area contributed by atoms with Crippen molar-refractivity contribution < 1.29 is 0 Å². The van der Waals surface area contributed by atoms with Crippen molar-refractivity contribution in [3.8, 4) is 0 Å². The number of anilines is 1. The number of halogens is 3. The number of hydrogen-bond donors (Lipinski definition) is 1. The minimum atomic E-state index is 0.685. The van der Waals surface area contributed by atoms with Gasteiger partial charge < -0.3 is 9.88 Å². The van der Waals surface area contributed by atoms with E-state index in [4.69, 9.17) is 28.2 Å². The number of rotatable bonds is 1. The summed E-state index contributed by atoms with van der Waals surface area (Å²) in [5.41, 5.74) is 4.64. The van der Waals surface area contributed by atoms with Crippen molar-refractivity contribution in [2.45, 2.75) is 13.0 Å². The lowest BCUT2D eigenvalue weighted by atomic mass is 10.0. The van der Waals surface area contributed by atoms with E-state index in [2.05, 4.69) is 44.0 Å². The molecule has 5 rings (SSSR count). The van der Waals surface area contributed by atoms with Gasteiger partial charge in [0.2, 0.25) is 0 Å². The van der Waals surface area contributed by atoms with E-state index in [0.29, 0.717) is 5.02 Å². The first-order valence-electron chi connectivity index (χ1n) is 7.88. The normalized spacial score (nSPS) is 14.4. The van der Waals surface area contributed by atoms with Gasteiger partial charge in [-0.25, -0.2) is 4.98 Å². The molecule has 0 atom stereocenters. The summed E-state index contributed by atoms with van der Waals surface area (Å²) in [5.74, 6) is 0. The van der Waals surface area contributed by atoms with E-state index < -0.39 is 0 Å². The van der Waals surface area contributed by atoms with Gasteiger partial charge in [0.05, 0.1) is 16.3 Å². The summed E-state index contributed by atoms with van der Waals surface area (Å²) in [6.45, 7) is 1.76. The van der Waals surface area contributed by atoms with Crippen LogP contribution in [0.1, 0.15) is 11.3 Å². The zero-order valence-corrected chi connectivity index (χ0v) is 16.9. The van der Waals surface area contributed by atoms with Gasteiger partial charge in [0.15, 0.2) is 5.13 Å². The number of aromatic nitrogens is 2. The zero-order chi connectivity index (χ0) is 17.1. The second kappa shape index (κ2) is 5.88. The van der Waals surface area contributed by atoms with Crippen molar-refractivity contribution in [1.29, 1.82) is 0 Å². The van der Waals surface area contributed by atoms with Crippen molar-refractivity contribution in [3.63, 3.8) is 0 Å². The first-order chi connectivity index (χ1) is 12.1. The zero-order valence-electron chi connectivity index (χ0n) is 12.9. The predicted octanol–water partition coefficient (Wildman–Crippen LogP) is 6.41. The number of fused-ring (bicyclic) bond motifs is 4. The van der Waals surface area contributed by atoms with E-state index in [1.165, 1.54) is 16.6 Å². The van der Waals surface area contributed by atoms with E-state index >= 15 is 0 Å². The number of nitrogens with one attached hydrogen (secondary N) is 1. The monoisotopic (exact) mass is 451 g/mol. The quantitative estimate of drug-likeness (QED) is 0.361. The Morgan fingerprint density at radius 3 is 2.96 bits per heavy atom. The lowest BCUT2D eigenvalue weighted by Crippen LogP contribution is -2.29.